The van der Waals surface area contributed by atoms with Gasteiger partial charge >= 0.3 is 0 Å². The van der Waals surface area contributed by atoms with E-state index >= 15 is 0 Å². The molecule has 3 heterocycles. The first-order chi connectivity index (χ1) is 8.27. The zero-order chi connectivity index (χ0) is 11.8. The van der Waals surface area contributed by atoms with Crippen molar-refractivity contribution in [3.63, 3.8) is 0 Å². The van der Waals surface area contributed by atoms with Crippen molar-refractivity contribution in [2.75, 3.05) is 26.2 Å². The predicted octanol–water partition coefficient (Wildman–Crippen LogP) is 1.11. The van der Waals surface area contributed by atoms with E-state index < -0.39 is 0 Å². The van der Waals surface area contributed by atoms with E-state index in [1.165, 1.54) is 29.8 Å². The van der Waals surface area contributed by atoms with E-state index in [0.717, 1.165) is 26.2 Å². The molecule has 2 saturated heterocycles. The topological polar surface area (TPSA) is 41.9 Å². The third-order valence-corrected chi connectivity index (χ3v) is 4.23. The van der Waals surface area contributed by atoms with Crippen molar-refractivity contribution in [2.24, 2.45) is 0 Å². The van der Waals surface area contributed by atoms with Crippen molar-refractivity contribution >= 4 is 0 Å². The molecule has 0 spiro atoms. The molecule has 2 aliphatic heterocycles. The summed E-state index contributed by atoms with van der Waals surface area (Å²) in [6.45, 7) is 8.88. The van der Waals surface area contributed by atoms with Crippen LogP contribution in [0.4, 0.5) is 0 Å². The zero-order valence-electron chi connectivity index (χ0n) is 10.8. The standard InChI is InChI=1S/C13H22N4/c1-9-13(11-3-5-14-7-11)10(2)17(16-9)12-4-6-15-8-12/h11-12,14-15H,3-8H2,1-2H3. The molecule has 2 atom stereocenters. The van der Waals surface area contributed by atoms with Gasteiger partial charge in [0.25, 0.3) is 0 Å². The van der Waals surface area contributed by atoms with Crippen LogP contribution in [0.25, 0.3) is 0 Å². The van der Waals surface area contributed by atoms with Gasteiger partial charge in [-0.3, -0.25) is 4.68 Å². The van der Waals surface area contributed by atoms with Gasteiger partial charge in [0.05, 0.1) is 11.7 Å². The molecule has 2 fully saturated rings. The zero-order valence-corrected chi connectivity index (χ0v) is 10.8. The van der Waals surface area contributed by atoms with Gasteiger partial charge in [-0.15, -0.1) is 0 Å². The SMILES string of the molecule is Cc1nn(C2CCNC2)c(C)c1C1CCNC1. The van der Waals surface area contributed by atoms with Gasteiger partial charge in [0.15, 0.2) is 0 Å². The van der Waals surface area contributed by atoms with Crippen molar-refractivity contribution in [2.45, 2.75) is 38.6 Å². The van der Waals surface area contributed by atoms with Gasteiger partial charge < -0.3 is 10.6 Å². The summed E-state index contributed by atoms with van der Waals surface area (Å²) in [5.74, 6) is 0.679. The lowest BCUT2D eigenvalue weighted by Gasteiger charge is -2.13. The van der Waals surface area contributed by atoms with E-state index in [1.807, 2.05) is 0 Å². The van der Waals surface area contributed by atoms with Crippen LogP contribution in [0.3, 0.4) is 0 Å². The number of nitrogens with zero attached hydrogens (tertiary/aromatic N) is 2. The molecule has 2 aliphatic rings. The third kappa shape index (κ3) is 1.89. The van der Waals surface area contributed by atoms with Crippen molar-refractivity contribution in [1.29, 1.82) is 0 Å². The van der Waals surface area contributed by atoms with Crippen LogP contribution in [0, 0.1) is 13.8 Å². The lowest BCUT2D eigenvalue weighted by molar-refractivity contribution is 0.476. The van der Waals surface area contributed by atoms with Crippen LogP contribution in [0.5, 0.6) is 0 Å². The quantitative estimate of drug-likeness (QED) is 0.805. The summed E-state index contributed by atoms with van der Waals surface area (Å²) in [6.07, 6.45) is 2.47. The fourth-order valence-corrected chi connectivity index (χ4v) is 3.37. The predicted molar refractivity (Wildman–Crippen MR) is 68.5 cm³/mol. The Kier molecular flexibility index (Phi) is 2.92. The van der Waals surface area contributed by atoms with Gasteiger partial charge in [-0.1, -0.05) is 0 Å². The summed E-state index contributed by atoms with van der Waals surface area (Å²) >= 11 is 0. The minimum atomic E-state index is 0.566. The number of aryl methyl sites for hydroxylation is 1. The average Bonchev–Trinajstić information content (AvgIpc) is 2.99. The number of hydrogen-bond donors (Lipinski definition) is 2. The van der Waals surface area contributed by atoms with E-state index in [1.54, 1.807) is 0 Å². The Morgan fingerprint density at radius 1 is 1.12 bits per heavy atom. The van der Waals surface area contributed by atoms with E-state index in [0.29, 0.717) is 12.0 Å². The van der Waals surface area contributed by atoms with Crippen LogP contribution in [-0.4, -0.2) is 36.0 Å². The van der Waals surface area contributed by atoms with Crippen LogP contribution < -0.4 is 10.6 Å². The normalized spacial score (nSPS) is 29.1. The van der Waals surface area contributed by atoms with E-state index in [-0.39, 0.29) is 0 Å². The molecule has 94 valence electrons. The molecule has 0 amide bonds. The molecule has 3 rings (SSSR count). The summed E-state index contributed by atoms with van der Waals surface area (Å²) < 4.78 is 2.27. The molecule has 4 heteroatoms. The Balaban J connectivity index is 1.93. The number of rotatable bonds is 2. The second-order valence-electron chi connectivity index (χ2n) is 5.37. The van der Waals surface area contributed by atoms with Crippen LogP contribution in [-0.2, 0) is 0 Å². The second-order valence-corrected chi connectivity index (χ2v) is 5.37. The van der Waals surface area contributed by atoms with Crippen molar-refractivity contribution in [3.8, 4) is 0 Å². The van der Waals surface area contributed by atoms with Crippen molar-refractivity contribution < 1.29 is 0 Å². The molecule has 17 heavy (non-hydrogen) atoms. The average molecular weight is 234 g/mol. The molecular formula is C13H22N4. The Morgan fingerprint density at radius 2 is 1.88 bits per heavy atom. The Morgan fingerprint density at radius 3 is 2.53 bits per heavy atom. The molecule has 0 radical (unpaired) electrons. The summed E-state index contributed by atoms with van der Waals surface area (Å²) in [6, 6.07) is 0.566. The molecule has 2 N–H and O–H groups in total. The van der Waals surface area contributed by atoms with E-state index in [9.17, 15) is 0 Å². The second kappa shape index (κ2) is 4.42. The minimum absolute atomic E-state index is 0.566. The maximum absolute atomic E-state index is 4.79. The molecule has 1 aromatic rings. The highest BCUT2D eigenvalue weighted by Gasteiger charge is 2.27. The fourth-order valence-electron chi connectivity index (χ4n) is 3.37. The highest BCUT2D eigenvalue weighted by atomic mass is 15.3. The minimum Gasteiger partial charge on any atom is -0.316 e. The highest BCUT2D eigenvalue weighted by Crippen LogP contribution is 2.30. The van der Waals surface area contributed by atoms with Gasteiger partial charge in [0, 0.05) is 30.3 Å². The Bertz CT molecular complexity index is 398. The monoisotopic (exact) mass is 234 g/mol. The summed E-state index contributed by atoms with van der Waals surface area (Å²) in [4.78, 5) is 0. The molecule has 0 aliphatic carbocycles. The largest absolute Gasteiger partial charge is 0.316 e. The van der Waals surface area contributed by atoms with Crippen LogP contribution in [0.1, 0.15) is 41.8 Å². The van der Waals surface area contributed by atoms with Crippen molar-refractivity contribution in [1.82, 2.24) is 20.4 Å². The summed E-state index contributed by atoms with van der Waals surface area (Å²) in [7, 11) is 0. The van der Waals surface area contributed by atoms with E-state index in [4.69, 9.17) is 5.10 Å². The molecular weight excluding hydrogens is 212 g/mol. The number of nitrogens with one attached hydrogen (secondary N) is 2. The molecule has 0 aromatic carbocycles. The van der Waals surface area contributed by atoms with Crippen LogP contribution in [0.15, 0.2) is 0 Å². The number of aromatic nitrogens is 2. The van der Waals surface area contributed by atoms with Gasteiger partial charge in [0.2, 0.25) is 0 Å². The molecule has 0 saturated carbocycles. The van der Waals surface area contributed by atoms with E-state index in [2.05, 4.69) is 29.2 Å². The lowest BCUT2D eigenvalue weighted by atomic mass is 9.96. The highest BCUT2D eigenvalue weighted by molar-refractivity contribution is 5.30. The Labute approximate surface area is 103 Å². The first-order valence-electron chi connectivity index (χ1n) is 6.74. The smallest absolute Gasteiger partial charge is 0.0658 e. The first-order valence-corrected chi connectivity index (χ1v) is 6.74. The van der Waals surface area contributed by atoms with Gasteiger partial charge in [-0.05, 0) is 39.8 Å². The fraction of sp³-hybridized carbons (Fsp3) is 0.769. The molecule has 2 unspecified atom stereocenters. The lowest BCUT2D eigenvalue weighted by Crippen LogP contribution is -2.16. The summed E-state index contributed by atoms with van der Waals surface area (Å²) in [5.41, 5.74) is 4.13. The van der Waals surface area contributed by atoms with Gasteiger partial charge in [-0.2, -0.15) is 5.10 Å². The van der Waals surface area contributed by atoms with Crippen LogP contribution >= 0.6 is 0 Å². The number of hydrogen-bond acceptors (Lipinski definition) is 3. The maximum atomic E-state index is 4.79. The molecule has 1 aromatic heterocycles. The summed E-state index contributed by atoms with van der Waals surface area (Å²) in [5, 5.41) is 11.7. The van der Waals surface area contributed by atoms with Crippen molar-refractivity contribution in [3.05, 3.63) is 17.0 Å². The molecule has 4 nitrogen and oxygen atoms in total. The third-order valence-electron chi connectivity index (χ3n) is 4.23. The maximum Gasteiger partial charge on any atom is 0.0658 e. The molecule has 0 bridgehead atoms. The van der Waals surface area contributed by atoms with Gasteiger partial charge in [-0.25, -0.2) is 0 Å². The van der Waals surface area contributed by atoms with Crippen LogP contribution in [0.2, 0.25) is 0 Å². The first kappa shape index (κ1) is 11.2. The Hall–Kier alpha value is -0.870. The van der Waals surface area contributed by atoms with Gasteiger partial charge in [0.1, 0.15) is 0 Å².